The highest BCUT2D eigenvalue weighted by Gasteiger charge is 2.17. The fourth-order valence-electron chi connectivity index (χ4n) is 1.85. The van der Waals surface area contributed by atoms with Crippen LogP contribution in [0.15, 0.2) is 40.8 Å². The van der Waals surface area contributed by atoms with Gasteiger partial charge in [-0.15, -0.1) is 11.3 Å². The fourth-order valence-corrected chi connectivity index (χ4v) is 2.57. The first kappa shape index (κ1) is 23.1. The van der Waals surface area contributed by atoms with E-state index in [0.717, 1.165) is 5.89 Å². The lowest BCUT2D eigenvalue weighted by Gasteiger charge is -2.14. The van der Waals surface area contributed by atoms with Gasteiger partial charge in [0.2, 0.25) is 0 Å². The van der Waals surface area contributed by atoms with Gasteiger partial charge in [-0.2, -0.15) is 5.10 Å². The Balaban J connectivity index is 0.000000202. The highest BCUT2D eigenvalue weighted by Crippen LogP contribution is 2.23. The predicted octanol–water partition coefficient (Wildman–Crippen LogP) is 6.12. The minimum absolute atomic E-state index is 0.0451. The largest absolute Gasteiger partial charge is 0.448 e. The summed E-state index contributed by atoms with van der Waals surface area (Å²) < 4.78 is 5.09. The second-order valence-corrected chi connectivity index (χ2v) is 10.3. The van der Waals surface area contributed by atoms with Crippen LogP contribution >= 0.6 is 11.3 Å². The number of aromatic nitrogens is 4. The van der Waals surface area contributed by atoms with Crippen LogP contribution in [-0.2, 0) is 16.2 Å². The first-order valence-electron chi connectivity index (χ1n) is 9.11. The lowest BCUT2D eigenvalue weighted by Crippen LogP contribution is -2.10. The SMILES string of the molecule is CC(C)(C)c1cn[nH]c1.CC(C)(C)c1ncco1.CC(C)(C)c1nccs1. The molecule has 150 valence electrons. The quantitative estimate of drug-likeness (QED) is 0.502. The number of nitrogens with one attached hydrogen (secondary N) is 1. The Morgan fingerprint density at radius 1 is 0.852 bits per heavy atom. The smallest absolute Gasteiger partial charge is 0.199 e. The Bertz CT molecular complexity index is 621. The molecule has 0 aliphatic heterocycles. The normalized spacial score (nSPS) is 11.9. The summed E-state index contributed by atoms with van der Waals surface area (Å²) in [5.74, 6) is 0.794. The monoisotopic (exact) mass is 390 g/mol. The average molecular weight is 391 g/mol. The Labute approximate surface area is 167 Å². The maximum absolute atomic E-state index is 5.09. The van der Waals surface area contributed by atoms with Crippen LogP contribution < -0.4 is 0 Å². The van der Waals surface area contributed by atoms with E-state index in [-0.39, 0.29) is 16.2 Å². The topological polar surface area (TPSA) is 67.6 Å². The van der Waals surface area contributed by atoms with Crippen LogP contribution in [0.2, 0.25) is 0 Å². The van der Waals surface area contributed by atoms with Gasteiger partial charge in [0.25, 0.3) is 0 Å². The van der Waals surface area contributed by atoms with E-state index in [9.17, 15) is 0 Å². The molecule has 3 aromatic rings. The van der Waals surface area contributed by atoms with E-state index in [2.05, 4.69) is 82.5 Å². The molecule has 6 heteroatoms. The molecule has 0 radical (unpaired) electrons. The first-order valence-corrected chi connectivity index (χ1v) is 9.99. The van der Waals surface area contributed by atoms with Gasteiger partial charge >= 0.3 is 0 Å². The van der Waals surface area contributed by atoms with Gasteiger partial charge < -0.3 is 4.42 Å². The van der Waals surface area contributed by atoms with Crippen molar-refractivity contribution in [3.63, 3.8) is 0 Å². The molecule has 0 fully saturated rings. The zero-order chi connectivity index (χ0) is 20.7. The van der Waals surface area contributed by atoms with E-state index in [4.69, 9.17) is 4.42 Å². The molecule has 0 saturated heterocycles. The highest BCUT2D eigenvalue weighted by atomic mass is 32.1. The summed E-state index contributed by atoms with van der Waals surface area (Å²) in [6, 6.07) is 0. The molecule has 27 heavy (non-hydrogen) atoms. The van der Waals surface area contributed by atoms with Crippen LogP contribution in [0.1, 0.15) is 78.8 Å². The lowest BCUT2D eigenvalue weighted by molar-refractivity contribution is 0.392. The summed E-state index contributed by atoms with van der Waals surface area (Å²) in [6.07, 6.45) is 8.91. The summed E-state index contributed by atoms with van der Waals surface area (Å²) in [5.41, 5.74) is 1.76. The third-order valence-corrected chi connectivity index (χ3v) is 4.71. The van der Waals surface area contributed by atoms with Crippen LogP contribution in [0.4, 0.5) is 0 Å². The average Bonchev–Trinajstić information content (AvgIpc) is 3.28. The number of oxazole rings is 1. The maximum Gasteiger partial charge on any atom is 0.199 e. The molecule has 0 saturated carbocycles. The Morgan fingerprint density at radius 3 is 1.74 bits per heavy atom. The fraction of sp³-hybridized carbons (Fsp3) is 0.571. The Kier molecular flexibility index (Phi) is 7.96. The molecule has 0 amide bonds. The third-order valence-electron chi connectivity index (χ3n) is 3.51. The van der Waals surface area contributed by atoms with Crippen molar-refractivity contribution in [3.8, 4) is 0 Å². The molecule has 1 N–H and O–H groups in total. The number of hydrogen-bond acceptors (Lipinski definition) is 5. The molecule has 3 heterocycles. The Morgan fingerprint density at radius 2 is 1.52 bits per heavy atom. The van der Waals surface area contributed by atoms with Gasteiger partial charge in [0.05, 0.1) is 17.4 Å². The van der Waals surface area contributed by atoms with Crippen LogP contribution in [0.3, 0.4) is 0 Å². The summed E-state index contributed by atoms with van der Waals surface area (Å²) >= 11 is 1.72. The van der Waals surface area contributed by atoms with Gasteiger partial charge in [-0.3, -0.25) is 5.10 Å². The van der Waals surface area contributed by atoms with Crippen molar-refractivity contribution in [2.75, 3.05) is 0 Å². The van der Waals surface area contributed by atoms with Crippen molar-refractivity contribution in [3.05, 3.63) is 52.9 Å². The Hall–Kier alpha value is -1.95. The molecule has 0 aliphatic carbocycles. The lowest BCUT2D eigenvalue weighted by atomic mass is 9.90. The highest BCUT2D eigenvalue weighted by molar-refractivity contribution is 7.09. The minimum atomic E-state index is 0.0451. The van der Waals surface area contributed by atoms with E-state index in [1.165, 1.54) is 10.6 Å². The van der Waals surface area contributed by atoms with Crippen LogP contribution in [0.25, 0.3) is 0 Å². The number of hydrogen-bond donors (Lipinski definition) is 1. The molecule has 3 rings (SSSR count). The maximum atomic E-state index is 5.09. The summed E-state index contributed by atoms with van der Waals surface area (Å²) in [4.78, 5) is 8.23. The van der Waals surface area contributed by atoms with Crippen LogP contribution in [0.5, 0.6) is 0 Å². The second-order valence-electron chi connectivity index (χ2n) is 9.41. The van der Waals surface area contributed by atoms with Crippen molar-refractivity contribution in [2.45, 2.75) is 78.6 Å². The first-order chi connectivity index (χ1) is 12.3. The third kappa shape index (κ3) is 8.52. The van der Waals surface area contributed by atoms with E-state index < -0.39 is 0 Å². The minimum Gasteiger partial charge on any atom is -0.448 e. The van der Waals surface area contributed by atoms with Gasteiger partial charge in [-0.25, -0.2) is 9.97 Å². The van der Waals surface area contributed by atoms with E-state index in [1.54, 1.807) is 23.8 Å². The molecular formula is C21H34N4OS. The molecule has 5 nitrogen and oxygen atoms in total. The number of H-pyrrole nitrogens is 1. The van der Waals surface area contributed by atoms with Crippen molar-refractivity contribution in [2.24, 2.45) is 0 Å². The van der Waals surface area contributed by atoms with E-state index in [1.807, 2.05) is 24.0 Å². The molecule has 0 bridgehead atoms. The molecule has 0 spiro atoms. The summed E-state index contributed by atoms with van der Waals surface area (Å²) in [7, 11) is 0. The van der Waals surface area contributed by atoms with Gasteiger partial charge in [-0.1, -0.05) is 62.3 Å². The number of rotatable bonds is 0. The standard InChI is InChI=1S/C7H12N2.C7H11NO.C7H11NS/c1-7(2,3)6-4-8-9-5-6;2*1-7(2,3)6-8-4-5-9-6/h4-5H,1-3H3,(H,8,9);2*4-5H,1-3H3. The van der Waals surface area contributed by atoms with Crippen molar-refractivity contribution in [1.82, 2.24) is 20.2 Å². The van der Waals surface area contributed by atoms with Gasteiger partial charge in [-0.05, 0) is 11.0 Å². The van der Waals surface area contributed by atoms with Crippen LogP contribution in [-0.4, -0.2) is 20.2 Å². The van der Waals surface area contributed by atoms with Crippen molar-refractivity contribution < 1.29 is 4.42 Å². The molecular weight excluding hydrogens is 356 g/mol. The summed E-state index contributed by atoms with van der Waals surface area (Å²) in [6.45, 7) is 19.2. The van der Waals surface area contributed by atoms with Gasteiger partial charge in [0.1, 0.15) is 6.26 Å². The van der Waals surface area contributed by atoms with E-state index >= 15 is 0 Å². The molecule has 0 atom stereocenters. The summed E-state index contributed by atoms with van der Waals surface area (Å²) in [5, 5.41) is 9.88. The van der Waals surface area contributed by atoms with Crippen molar-refractivity contribution >= 4 is 11.3 Å². The second kappa shape index (κ2) is 9.31. The van der Waals surface area contributed by atoms with Crippen molar-refractivity contribution in [1.29, 1.82) is 0 Å². The zero-order valence-electron chi connectivity index (χ0n) is 18.1. The molecule has 3 aromatic heterocycles. The predicted molar refractivity (Wildman–Crippen MR) is 113 cm³/mol. The number of aromatic amines is 1. The molecule has 0 aromatic carbocycles. The van der Waals surface area contributed by atoms with E-state index in [0.29, 0.717) is 0 Å². The number of nitrogens with zero attached hydrogens (tertiary/aromatic N) is 3. The van der Waals surface area contributed by atoms with Gasteiger partial charge in [0.15, 0.2) is 5.89 Å². The van der Waals surface area contributed by atoms with Crippen LogP contribution in [0, 0.1) is 0 Å². The zero-order valence-corrected chi connectivity index (χ0v) is 18.9. The van der Waals surface area contributed by atoms with Gasteiger partial charge in [0, 0.05) is 28.6 Å². The molecule has 0 unspecified atom stereocenters. The molecule has 0 aliphatic rings. The number of thiazole rings is 1.